The quantitative estimate of drug-likeness (QED) is 0.885. The highest BCUT2D eigenvalue weighted by molar-refractivity contribution is 5.94. The molecule has 128 valence electrons. The molecule has 23 heavy (non-hydrogen) atoms. The molecule has 1 heterocycles. The van der Waals surface area contributed by atoms with Crippen LogP contribution in [0.2, 0.25) is 0 Å². The van der Waals surface area contributed by atoms with Crippen molar-refractivity contribution < 1.29 is 9.53 Å². The third-order valence-electron chi connectivity index (χ3n) is 4.66. The summed E-state index contributed by atoms with van der Waals surface area (Å²) in [6.45, 7) is 3.13. The molecule has 2 fully saturated rings. The highest BCUT2D eigenvalue weighted by Crippen LogP contribution is 2.24. The molecule has 1 saturated heterocycles. The molecule has 0 bridgehead atoms. The Labute approximate surface area is 144 Å². The van der Waals surface area contributed by atoms with E-state index in [0.717, 1.165) is 38.0 Å². The fourth-order valence-corrected chi connectivity index (χ4v) is 3.44. The fourth-order valence-electron chi connectivity index (χ4n) is 3.44. The molecule has 4 nitrogen and oxygen atoms in total. The lowest BCUT2D eigenvalue weighted by molar-refractivity contribution is 0.0925. The number of carbonyl (C=O) groups is 1. The van der Waals surface area contributed by atoms with Crippen molar-refractivity contribution in [3.63, 3.8) is 0 Å². The number of amides is 1. The molecule has 0 aromatic heterocycles. The maximum Gasteiger partial charge on any atom is 0.251 e. The third kappa shape index (κ3) is 5.11. The van der Waals surface area contributed by atoms with Crippen molar-refractivity contribution in [3.8, 4) is 5.75 Å². The predicted octanol–water partition coefficient (Wildman–Crippen LogP) is 3.30. The zero-order valence-electron chi connectivity index (χ0n) is 13.7. The van der Waals surface area contributed by atoms with Gasteiger partial charge in [0.25, 0.3) is 5.91 Å². The van der Waals surface area contributed by atoms with E-state index in [4.69, 9.17) is 4.74 Å². The van der Waals surface area contributed by atoms with E-state index < -0.39 is 0 Å². The largest absolute Gasteiger partial charge is 0.490 e. The van der Waals surface area contributed by atoms with E-state index in [1.807, 2.05) is 24.3 Å². The molecule has 2 atom stereocenters. The van der Waals surface area contributed by atoms with E-state index in [2.05, 4.69) is 17.6 Å². The van der Waals surface area contributed by atoms with E-state index >= 15 is 0 Å². The molecular weight excluding hydrogens is 312 g/mol. The van der Waals surface area contributed by atoms with Gasteiger partial charge < -0.3 is 15.4 Å². The van der Waals surface area contributed by atoms with E-state index in [1.54, 1.807) is 0 Å². The fraction of sp³-hybridized carbons (Fsp3) is 0.611. The Balaban J connectivity index is 0.00000192. The van der Waals surface area contributed by atoms with Gasteiger partial charge in [0, 0.05) is 17.6 Å². The molecule has 1 aliphatic carbocycles. The van der Waals surface area contributed by atoms with Crippen molar-refractivity contribution in [2.45, 2.75) is 63.6 Å². The first kappa shape index (κ1) is 18.1. The molecule has 1 aromatic rings. The Hall–Kier alpha value is -1.26. The van der Waals surface area contributed by atoms with Gasteiger partial charge in [-0.2, -0.15) is 0 Å². The van der Waals surface area contributed by atoms with Crippen LogP contribution in [0.5, 0.6) is 5.75 Å². The summed E-state index contributed by atoms with van der Waals surface area (Å²) in [6, 6.07) is 8.32. The summed E-state index contributed by atoms with van der Waals surface area (Å²) >= 11 is 0. The van der Waals surface area contributed by atoms with Crippen molar-refractivity contribution in [3.05, 3.63) is 29.8 Å². The van der Waals surface area contributed by atoms with Crippen LogP contribution in [0.4, 0.5) is 0 Å². The maximum atomic E-state index is 12.4. The Kier molecular flexibility index (Phi) is 6.72. The predicted molar refractivity (Wildman–Crippen MR) is 94.5 cm³/mol. The molecule has 1 amide bonds. The average Bonchev–Trinajstić information content (AvgIpc) is 3.00. The van der Waals surface area contributed by atoms with Crippen LogP contribution in [-0.4, -0.2) is 30.6 Å². The zero-order chi connectivity index (χ0) is 15.4. The molecule has 5 heteroatoms. The third-order valence-corrected chi connectivity index (χ3v) is 4.66. The molecule has 0 radical (unpaired) electrons. The summed E-state index contributed by atoms with van der Waals surface area (Å²) in [5.41, 5.74) is 0.696. The summed E-state index contributed by atoms with van der Waals surface area (Å²) in [4.78, 5) is 12.4. The zero-order valence-corrected chi connectivity index (χ0v) is 14.5. The van der Waals surface area contributed by atoms with Gasteiger partial charge in [0.2, 0.25) is 0 Å². The summed E-state index contributed by atoms with van der Waals surface area (Å²) in [7, 11) is 0. The van der Waals surface area contributed by atoms with Crippen LogP contribution in [0.3, 0.4) is 0 Å². The van der Waals surface area contributed by atoms with Crippen molar-refractivity contribution >= 4 is 18.3 Å². The van der Waals surface area contributed by atoms with Crippen molar-refractivity contribution in [1.82, 2.24) is 10.6 Å². The second-order valence-corrected chi connectivity index (χ2v) is 6.60. The molecule has 0 spiro atoms. The van der Waals surface area contributed by atoms with Gasteiger partial charge in [0.15, 0.2) is 0 Å². The van der Waals surface area contributed by atoms with Crippen LogP contribution in [0.15, 0.2) is 24.3 Å². The summed E-state index contributed by atoms with van der Waals surface area (Å²) in [5.74, 6) is 0.828. The van der Waals surface area contributed by atoms with Crippen LogP contribution in [-0.2, 0) is 0 Å². The Morgan fingerprint density at radius 1 is 1.26 bits per heavy atom. The second kappa shape index (κ2) is 8.55. The van der Waals surface area contributed by atoms with Crippen LogP contribution in [0, 0.1) is 0 Å². The summed E-state index contributed by atoms with van der Waals surface area (Å²) in [6.07, 6.45) is 7.06. The number of benzene rings is 1. The minimum absolute atomic E-state index is 0. The monoisotopic (exact) mass is 338 g/mol. The van der Waals surface area contributed by atoms with Crippen LogP contribution in [0.25, 0.3) is 0 Å². The van der Waals surface area contributed by atoms with Crippen molar-refractivity contribution in [2.75, 3.05) is 6.54 Å². The number of halogens is 1. The topological polar surface area (TPSA) is 50.4 Å². The van der Waals surface area contributed by atoms with Gasteiger partial charge in [-0.15, -0.1) is 12.4 Å². The number of rotatable bonds is 4. The van der Waals surface area contributed by atoms with Crippen LogP contribution < -0.4 is 15.4 Å². The molecule has 2 unspecified atom stereocenters. The lowest BCUT2D eigenvalue weighted by Crippen LogP contribution is -2.46. The molecule has 1 aliphatic heterocycles. The van der Waals surface area contributed by atoms with Gasteiger partial charge in [-0.3, -0.25) is 4.79 Å². The van der Waals surface area contributed by atoms with E-state index in [9.17, 15) is 4.79 Å². The van der Waals surface area contributed by atoms with Crippen molar-refractivity contribution in [1.29, 1.82) is 0 Å². The highest BCUT2D eigenvalue weighted by atomic mass is 35.5. The molecule has 1 aromatic carbocycles. The minimum Gasteiger partial charge on any atom is -0.490 e. The average molecular weight is 339 g/mol. The smallest absolute Gasteiger partial charge is 0.251 e. The van der Waals surface area contributed by atoms with Gasteiger partial charge in [0.05, 0.1) is 6.10 Å². The van der Waals surface area contributed by atoms with E-state index in [1.165, 1.54) is 12.8 Å². The molecule has 2 N–H and O–H groups in total. The number of piperidine rings is 1. The van der Waals surface area contributed by atoms with Crippen molar-refractivity contribution in [2.24, 2.45) is 0 Å². The first-order valence-corrected chi connectivity index (χ1v) is 8.51. The van der Waals surface area contributed by atoms with Gasteiger partial charge in [0.1, 0.15) is 5.75 Å². The molecule has 1 saturated carbocycles. The number of carbonyl (C=O) groups excluding carboxylic acids is 1. The Bertz CT molecular complexity index is 517. The second-order valence-electron chi connectivity index (χ2n) is 6.60. The molecule has 2 aliphatic rings. The normalized spacial score (nSPS) is 24.7. The standard InChI is InChI=1S/C18H26N2O2.ClH/c1-13-11-15(9-10-19-13)20-18(21)14-5-4-8-17(12-14)22-16-6-2-3-7-16;/h4-5,8,12-13,15-16,19H,2-3,6-7,9-11H2,1H3,(H,20,21);1H. The van der Waals surface area contributed by atoms with E-state index in [-0.39, 0.29) is 24.4 Å². The van der Waals surface area contributed by atoms with Gasteiger partial charge in [-0.25, -0.2) is 0 Å². The van der Waals surface area contributed by atoms with Gasteiger partial charge in [-0.05, 0) is 70.2 Å². The van der Waals surface area contributed by atoms with Gasteiger partial charge in [-0.1, -0.05) is 6.07 Å². The SMILES string of the molecule is CC1CC(NC(=O)c2cccc(OC3CCCC3)c2)CCN1.Cl. The first-order chi connectivity index (χ1) is 10.7. The number of nitrogens with one attached hydrogen (secondary N) is 2. The number of hydrogen-bond donors (Lipinski definition) is 2. The number of ether oxygens (including phenoxy) is 1. The van der Waals surface area contributed by atoms with E-state index in [0.29, 0.717) is 17.7 Å². The van der Waals surface area contributed by atoms with Crippen LogP contribution in [0.1, 0.15) is 55.8 Å². The molecular formula is C18H27ClN2O2. The first-order valence-electron chi connectivity index (χ1n) is 8.51. The molecule has 3 rings (SSSR count). The lowest BCUT2D eigenvalue weighted by atomic mass is 10.0. The Morgan fingerprint density at radius 3 is 2.78 bits per heavy atom. The minimum atomic E-state index is 0. The van der Waals surface area contributed by atoms with Gasteiger partial charge >= 0.3 is 0 Å². The number of hydrogen-bond acceptors (Lipinski definition) is 3. The summed E-state index contributed by atoms with van der Waals surface area (Å²) in [5, 5.41) is 6.56. The Morgan fingerprint density at radius 2 is 2.04 bits per heavy atom. The lowest BCUT2D eigenvalue weighted by Gasteiger charge is -2.28. The highest BCUT2D eigenvalue weighted by Gasteiger charge is 2.21. The van der Waals surface area contributed by atoms with Crippen LogP contribution >= 0.6 is 12.4 Å². The summed E-state index contributed by atoms with van der Waals surface area (Å²) < 4.78 is 5.98. The maximum absolute atomic E-state index is 12.4.